The zero-order valence-electron chi connectivity index (χ0n) is 22.5. The number of aromatic nitrogens is 20. The molecule has 0 saturated carbocycles. The number of anilines is 1. The van der Waals surface area contributed by atoms with Crippen LogP contribution in [-0.4, -0.2) is 120 Å². The van der Waals surface area contributed by atoms with Gasteiger partial charge in [0.15, 0.2) is 11.6 Å². The summed E-state index contributed by atoms with van der Waals surface area (Å²) in [7, 11) is 6.63. The minimum absolute atomic E-state index is 0.117. The zero-order chi connectivity index (χ0) is 30.1. The van der Waals surface area contributed by atoms with Gasteiger partial charge in [0.1, 0.15) is 0 Å². The van der Waals surface area contributed by atoms with Crippen molar-refractivity contribution in [2.75, 3.05) is 12.3 Å². The monoisotopic (exact) mass is 581 g/mol. The second kappa shape index (κ2) is 17.1. The molecule has 5 aromatic heterocycles. The molecule has 0 amide bonds. The fourth-order valence-electron chi connectivity index (χ4n) is 1.82. The maximum Gasteiger partial charge on any atom is 0.378 e. The van der Waals surface area contributed by atoms with Gasteiger partial charge in [-0.25, -0.2) is 23.5 Å². The van der Waals surface area contributed by atoms with Crippen LogP contribution in [-0.2, 0) is 32.9 Å². The van der Waals surface area contributed by atoms with Crippen LogP contribution in [0.2, 0.25) is 0 Å². The van der Waals surface area contributed by atoms with Crippen LogP contribution in [0.15, 0.2) is 0 Å². The molecule has 24 nitrogen and oxygen atoms in total. The Morgan fingerprint density at radius 1 is 0.875 bits per heavy atom. The quantitative estimate of drug-likeness (QED) is 0.108. The number of esters is 1. The summed E-state index contributed by atoms with van der Waals surface area (Å²) in [5.41, 5.74) is 5.17. The Balaban J connectivity index is 0.000000254. The number of nitrogens with zero attached hydrogens (tertiary/aromatic N) is 18. The van der Waals surface area contributed by atoms with Gasteiger partial charge in [-0.15, -0.1) is 20.4 Å². The topological polar surface area (TPSA) is 301 Å². The number of nitrogen functional groups attached to an aromatic ring is 1. The van der Waals surface area contributed by atoms with E-state index in [0.29, 0.717) is 23.2 Å². The molecular weight excluding hydrogens is 554 g/mol. The Morgan fingerprint density at radius 3 is 1.68 bits per heavy atom. The van der Waals surface area contributed by atoms with Gasteiger partial charge in [-0.2, -0.15) is 10.4 Å². The molecule has 5 aromatic rings. The summed E-state index contributed by atoms with van der Waals surface area (Å²) < 4.78 is 10.7. The van der Waals surface area contributed by atoms with Gasteiger partial charge in [0, 0.05) is 35.1 Å². The average molecular weight is 582 g/mol. The minimum atomic E-state index is -0.500. The van der Waals surface area contributed by atoms with Gasteiger partial charge >= 0.3 is 5.97 Å². The average Bonchev–Trinajstić information content (AvgIpc) is 3.75. The highest BCUT2D eigenvalue weighted by Crippen LogP contribution is 1.91. The smallest absolute Gasteiger partial charge is 0.378 e. The summed E-state index contributed by atoms with van der Waals surface area (Å²) in [6.07, 6.45) is 0. The van der Waals surface area contributed by atoms with Crippen LogP contribution in [0.25, 0.3) is 0 Å². The number of hydrogen-bond acceptors (Lipinski definition) is 19. The molecule has 4 N–H and O–H groups in total. The van der Waals surface area contributed by atoms with Crippen molar-refractivity contribution in [2.24, 2.45) is 28.2 Å². The Hall–Kier alpha value is -5.49. The van der Waals surface area contributed by atoms with Crippen molar-refractivity contribution < 1.29 is 14.3 Å². The van der Waals surface area contributed by atoms with Crippen molar-refractivity contribution in [1.82, 2.24) is 101 Å². The number of carbonyl (C=O) groups excluding carboxylic acids is 2. The third-order valence-corrected chi connectivity index (χ3v) is 4.09. The number of nitrogens with two attached hydrogens (primary N) is 1. The summed E-state index contributed by atoms with van der Waals surface area (Å²) in [5.74, 6) is 0.791. The first-order valence-electron chi connectivity index (χ1n) is 10.7. The molecule has 0 unspecified atom stereocenters. The number of Topliss-reactive ketones (excluding diaryl/α,β-unsaturated/α-hetero) is 1. The molecule has 5 heterocycles. The van der Waals surface area contributed by atoms with Crippen LogP contribution in [0, 0.1) is 11.7 Å². The Labute approximate surface area is 229 Å². The van der Waals surface area contributed by atoms with Gasteiger partial charge < -0.3 is 10.5 Å². The molecule has 0 saturated heterocycles. The van der Waals surface area contributed by atoms with E-state index in [0.717, 1.165) is 0 Å². The molecule has 0 bridgehead atoms. The van der Waals surface area contributed by atoms with Crippen LogP contribution >= 0.6 is 12.2 Å². The number of hydrogen-bond donors (Lipinski definition) is 3. The number of rotatable bonds is 3. The van der Waals surface area contributed by atoms with E-state index in [4.69, 9.17) is 5.73 Å². The lowest BCUT2D eigenvalue weighted by Gasteiger charge is -1.97. The summed E-state index contributed by atoms with van der Waals surface area (Å²) in [5, 5.41) is 52.7. The second-order valence-electron chi connectivity index (χ2n) is 6.79. The summed E-state index contributed by atoms with van der Waals surface area (Å²) in [6, 6.07) is 0. The van der Waals surface area contributed by atoms with Crippen molar-refractivity contribution in [3.8, 4) is 0 Å². The van der Waals surface area contributed by atoms with E-state index in [2.05, 4.69) is 99.7 Å². The molecule has 5 rings (SSSR count). The van der Waals surface area contributed by atoms with Crippen LogP contribution in [0.4, 0.5) is 5.95 Å². The lowest BCUT2D eigenvalue weighted by Crippen LogP contribution is -2.11. The standard InChI is InChI=1S/C5H8N4O2.C4H6N4O.C2H5N5.C2H4N4S.C2H4N4/c1-3-11-5(10)4-6-7-8-9(4)2;1-3(9)4-5-6-7-8(4)2;1-7-2(3)4-5-6-7;1-6-2(7)3-4-5-6;1-2-3-5-6-4-2/h3H2,1-2H3;1-2H3;1H3,(H2,3,4,6);1H3,(H,3,5,7);1H3,(H,3,4,5,6). The number of carbonyl (C=O) groups is 2. The van der Waals surface area contributed by atoms with E-state index in [1.807, 2.05) is 0 Å². The van der Waals surface area contributed by atoms with E-state index in [1.54, 1.807) is 46.7 Å². The van der Waals surface area contributed by atoms with Crippen LogP contribution < -0.4 is 5.73 Å². The highest BCUT2D eigenvalue weighted by Gasteiger charge is 2.13. The molecule has 0 aliphatic carbocycles. The molecule has 0 aliphatic rings. The summed E-state index contributed by atoms with van der Waals surface area (Å²) in [4.78, 5) is 21.5. The fraction of sp³-hybridized carbons (Fsp3) is 0.533. The van der Waals surface area contributed by atoms with Crippen LogP contribution in [0.3, 0.4) is 0 Å². The van der Waals surface area contributed by atoms with Crippen molar-refractivity contribution in [1.29, 1.82) is 0 Å². The molecule has 25 heteroatoms. The molecule has 216 valence electrons. The predicted molar refractivity (Wildman–Crippen MR) is 132 cm³/mol. The highest BCUT2D eigenvalue weighted by molar-refractivity contribution is 7.71. The number of H-pyrrole nitrogens is 2. The Morgan fingerprint density at radius 2 is 1.45 bits per heavy atom. The third kappa shape index (κ3) is 11.7. The van der Waals surface area contributed by atoms with E-state index >= 15 is 0 Å². The van der Waals surface area contributed by atoms with Crippen LogP contribution in [0.1, 0.15) is 40.9 Å². The molecular formula is C15H27N21O3S. The van der Waals surface area contributed by atoms with E-state index in [-0.39, 0.29) is 17.4 Å². The normalized spacial score (nSPS) is 9.38. The Kier molecular flexibility index (Phi) is 13.9. The lowest BCUT2D eigenvalue weighted by atomic mass is 10.4. The maximum atomic E-state index is 10.9. The van der Waals surface area contributed by atoms with Gasteiger partial charge in [0.25, 0.3) is 5.82 Å². The number of aryl methyl sites for hydroxylation is 5. The second-order valence-corrected chi connectivity index (χ2v) is 7.16. The summed E-state index contributed by atoms with van der Waals surface area (Å²) >= 11 is 4.64. The highest BCUT2D eigenvalue weighted by atomic mass is 32.1. The van der Waals surface area contributed by atoms with Crippen molar-refractivity contribution >= 4 is 29.9 Å². The number of aromatic amines is 2. The molecule has 0 fully saturated rings. The van der Waals surface area contributed by atoms with Gasteiger partial charge in [-0.1, -0.05) is 20.6 Å². The van der Waals surface area contributed by atoms with Crippen molar-refractivity contribution in [3.05, 3.63) is 22.2 Å². The SMILES string of the molecule is CC(=O)c1nnnn1C.CCOC(=O)c1nnnn1C.Cc1nn[nH]n1.Cn1[nH]nnc1=S.Cn1nnnc1N. The largest absolute Gasteiger partial charge is 0.460 e. The number of ether oxygens (including phenoxy) is 1. The first-order valence-corrected chi connectivity index (χ1v) is 11.1. The van der Waals surface area contributed by atoms with Gasteiger partial charge in [0.2, 0.25) is 16.5 Å². The zero-order valence-corrected chi connectivity index (χ0v) is 23.3. The van der Waals surface area contributed by atoms with E-state index in [9.17, 15) is 9.59 Å². The molecule has 0 radical (unpaired) electrons. The molecule has 0 aliphatic heterocycles. The molecule has 40 heavy (non-hydrogen) atoms. The fourth-order valence-corrected chi connectivity index (χ4v) is 1.90. The first-order chi connectivity index (χ1) is 19.0. The lowest BCUT2D eigenvalue weighted by molar-refractivity contribution is 0.0506. The van der Waals surface area contributed by atoms with Gasteiger partial charge in [-0.3, -0.25) is 4.79 Å². The molecule has 0 spiro atoms. The number of nitrogens with one attached hydrogen (secondary N) is 2. The van der Waals surface area contributed by atoms with E-state index < -0.39 is 5.97 Å². The predicted octanol–water partition coefficient (Wildman–Crippen LogP) is -3.03. The third-order valence-electron chi connectivity index (χ3n) is 3.73. The number of tetrazole rings is 5. The van der Waals surface area contributed by atoms with Crippen molar-refractivity contribution in [2.45, 2.75) is 20.8 Å². The van der Waals surface area contributed by atoms with Gasteiger partial charge in [0.05, 0.1) is 6.61 Å². The molecule has 0 atom stereocenters. The molecule has 0 aromatic carbocycles. The minimum Gasteiger partial charge on any atom is -0.460 e. The maximum absolute atomic E-state index is 10.9. The van der Waals surface area contributed by atoms with Crippen LogP contribution in [0.5, 0.6) is 0 Å². The van der Waals surface area contributed by atoms with Gasteiger partial charge in [-0.05, 0) is 57.3 Å². The Bertz CT molecular complexity index is 1450. The summed E-state index contributed by atoms with van der Waals surface area (Å²) in [6.45, 7) is 5.24. The number of ketones is 1. The van der Waals surface area contributed by atoms with Crippen molar-refractivity contribution in [3.63, 3.8) is 0 Å². The first kappa shape index (κ1) is 32.5. The van der Waals surface area contributed by atoms with E-state index in [1.165, 1.54) is 21.0 Å².